The monoisotopic (exact) mass is 270 g/mol. The summed E-state index contributed by atoms with van der Waals surface area (Å²) >= 11 is 0. The number of amides is 1. The maximum atomic E-state index is 12.4. The topological polar surface area (TPSA) is 64.3 Å². The summed E-state index contributed by atoms with van der Waals surface area (Å²) in [6, 6.07) is 0.162. The number of nitrogens with two attached hydrogens (primary N) is 1. The van der Waals surface area contributed by atoms with Gasteiger partial charge in [-0.1, -0.05) is 27.7 Å². The molecule has 0 heterocycles. The Bertz CT molecular complexity index is 328. The molecule has 1 amide bonds. The zero-order chi connectivity index (χ0) is 14.8. The van der Waals surface area contributed by atoms with E-state index >= 15 is 0 Å². The van der Waals surface area contributed by atoms with Gasteiger partial charge in [0.1, 0.15) is 5.54 Å². The molecule has 0 saturated heterocycles. The molecule has 0 aliphatic heterocycles. The molecule has 1 rings (SSSR count). The summed E-state index contributed by atoms with van der Waals surface area (Å²) in [7, 11) is 0. The van der Waals surface area contributed by atoms with Crippen LogP contribution in [0.25, 0.3) is 0 Å². The first kappa shape index (κ1) is 16.4. The molecule has 3 unspecified atom stereocenters. The molecule has 1 aliphatic rings. The third-order valence-electron chi connectivity index (χ3n) is 4.44. The standard InChI is InChI=1S/C15H30N2O2/c1-7-19-12-9-15(16,14(12,5)6)13(18)17-11(4)8-10(2)3/h10-12H,7-9,16H2,1-6H3,(H,17,18). The van der Waals surface area contributed by atoms with Crippen molar-refractivity contribution in [2.45, 2.75) is 72.1 Å². The van der Waals surface area contributed by atoms with Crippen molar-refractivity contribution in [1.29, 1.82) is 0 Å². The van der Waals surface area contributed by atoms with E-state index in [0.717, 1.165) is 6.42 Å². The summed E-state index contributed by atoms with van der Waals surface area (Å²) in [5.74, 6) is 0.524. The Hall–Kier alpha value is -0.610. The predicted molar refractivity (Wildman–Crippen MR) is 77.8 cm³/mol. The third-order valence-corrected chi connectivity index (χ3v) is 4.44. The fourth-order valence-corrected chi connectivity index (χ4v) is 2.94. The number of hydrogen-bond donors (Lipinski definition) is 2. The molecule has 1 aliphatic carbocycles. The van der Waals surface area contributed by atoms with Crippen LogP contribution in [0.4, 0.5) is 0 Å². The van der Waals surface area contributed by atoms with Gasteiger partial charge >= 0.3 is 0 Å². The summed E-state index contributed by atoms with van der Waals surface area (Å²) in [4.78, 5) is 12.4. The highest BCUT2D eigenvalue weighted by molar-refractivity contribution is 5.89. The Morgan fingerprint density at radius 2 is 2.00 bits per heavy atom. The number of carbonyl (C=O) groups is 1. The molecule has 0 aromatic rings. The molecule has 0 spiro atoms. The van der Waals surface area contributed by atoms with E-state index in [0.29, 0.717) is 18.9 Å². The van der Waals surface area contributed by atoms with E-state index in [9.17, 15) is 4.79 Å². The molecular formula is C15H30N2O2. The highest BCUT2D eigenvalue weighted by Crippen LogP contribution is 2.49. The van der Waals surface area contributed by atoms with Crippen LogP contribution >= 0.6 is 0 Å². The van der Waals surface area contributed by atoms with Gasteiger partial charge in [0.25, 0.3) is 0 Å². The van der Waals surface area contributed by atoms with Gasteiger partial charge in [0.2, 0.25) is 5.91 Å². The molecule has 19 heavy (non-hydrogen) atoms. The summed E-state index contributed by atoms with van der Waals surface area (Å²) in [5, 5.41) is 3.05. The van der Waals surface area contributed by atoms with Crippen molar-refractivity contribution in [3.8, 4) is 0 Å². The Balaban J connectivity index is 2.62. The van der Waals surface area contributed by atoms with Crippen LogP contribution in [0, 0.1) is 11.3 Å². The Morgan fingerprint density at radius 3 is 2.42 bits per heavy atom. The third kappa shape index (κ3) is 3.11. The van der Waals surface area contributed by atoms with E-state index in [1.165, 1.54) is 0 Å². The molecule has 0 aromatic heterocycles. The van der Waals surface area contributed by atoms with Gasteiger partial charge in [0, 0.05) is 24.5 Å². The van der Waals surface area contributed by atoms with Gasteiger partial charge in [0.15, 0.2) is 0 Å². The average Bonchev–Trinajstić information content (AvgIpc) is 2.27. The van der Waals surface area contributed by atoms with E-state index in [-0.39, 0.29) is 23.5 Å². The second kappa shape index (κ2) is 5.80. The van der Waals surface area contributed by atoms with Gasteiger partial charge in [-0.15, -0.1) is 0 Å². The van der Waals surface area contributed by atoms with Crippen LogP contribution in [0.3, 0.4) is 0 Å². The molecule has 4 heteroatoms. The minimum atomic E-state index is -0.807. The maximum absolute atomic E-state index is 12.4. The number of ether oxygens (including phenoxy) is 1. The zero-order valence-electron chi connectivity index (χ0n) is 13.2. The Labute approximate surface area is 117 Å². The predicted octanol–water partition coefficient (Wildman–Crippen LogP) is 2.07. The van der Waals surface area contributed by atoms with Crippen molar-refractivity contribution in [3.05, 3.63) is 0 Å². The van der Waals surface area contributed by atoms with Crippen LogP contribution in [0.15, 0.2) is 0 Å². The van der Waals surface area contributed by atoms with Crippen LogP contribution in [0.1, 0.15) is 54.4 Å². The fourth-order valence-electron chi connectivity index (χ4n) is 2.94. The van der Waals surface area contributed by atoms with Crippen molar-refractivity contribution in [2.75, 3.05) is 6.61 Å². The SMILES string of the molecule is CCOC1CC(N)(C(=O)NC(C)CC(C)C)C1(C)C. The van der Waals surface area contributed by atoms with Gasteiger partial charge in [0.05, 0.1) is 6.10 Å². The quantitative estimate of drug-likeness (QED) is 0.776. The molecule has 0 bridgehead atoms. The average molecular weight is 270 g/mol. The highest BCUT2D eigenvalue weighted by atomic mass is 16.5. The molecule has 4 nitrogen and oxygen atoms in total. The maximum Gasteiger partial charge on any atom is 0.241 e. The van der Waals surface area contributed by atoms with Crippen molar-refractivity contribution < 1.29 is 9.53 Å². The van der Waals surface area contributed by atoms with E-state index in [1.807, 2.05) is 27.7 Å². The molecule has 0 aromatic carbocycles. The lowest BCUT2D eigenvalue weighted by molar-refractivity contribution is -0.171. The van der Waals surface area contributed by atoms with Gasteiger partial charge in [-0.3, -0.25) is 4.79 Å². The lowest BCUT2D eigenvalue weighted by Gasteiger charge is -2.57. The molecular weight excluding hydrogens is 240 g/mol. The number of nitrogens with one attached hydrogen (secondary N) is 1. The minimum absolute atomic E-state index is 0.0402. The summed E-state index contributed by atoms with van der Waals surface area (Å²) in [6.07, 6.45) is 1.65. The number of hydrogen-bond acceptors (Lipinski definition) is 3. The number of rotatable bonds is 6. The lowest BCUT2D eigenvalue weighted by Crippen LogP contribution is -2.76. The van der Waals surface area contributed by atoms with Crippen molar-refractivity contribution in [1.82, 2.24) is 5.32 Å². The number of carbonyl (C=O) groups excluding carboxylic acids is 1. The van der Waals surface area contributed by atoms with Crippen LogP contribution in [-0.2, 0) is 9.53 Å². The van der Waals surface area contributed by atoms with Gasteiger partial charge in [-0.2, -0.15) is 0 Å². The second-order valence-electron chi connectivity index (χ2n) is 6.85. The van der Waals surface area contributed by atoms with Crippen molar-refractivity contribution in [2.24, 2.45) is 17.1 Å². The molecule has 3 atom stereocenters. The lowest BCUT2D eigenvalue weighted by atomic mass is 9.54. The van der Waals surface area contributed by atoms with Crippen LogP contribution in [0.5, 0.6) is 0 Å². The fraction of sp³-hybridized carbons (Fsp3) is 0.933. The largest absolute Gasteiger partial charge is 0.378 e. The molecule has 3 N–H and O–H groups in total. The summed E-state index contributed by atoms with van der Waals surface area (Å²) in [5.41, 5.74) is 5.21. The highest BCUT2D eigenvalue weighted by Gasteiger charge is 2.62. The van der Waals surface area contributed by atoms with E-state index in [4.69, 9.17) is 10.5 Å². The summed E-state index contributed by atoms with van der Waals surface area (Å²) < 4.78 is 5.65. The first-order chi connectivity index (χ1) is 8.65. The van der Waals surface area contributed by atoms with Crippen molar-refractivity contribution >= 4 is 5.91 Å². The molecule has 1 saturated carbocycles. The molecule has 1 fully saturated rings. The summed E-state index contributed by atoms with van der Waals surface area (Å²) in [6.45, 7) is 13.0. The normalized spacial score (nSPS) is 30.8. The van der Waals surface area contributed by atoms with Gasteiger partial charge in [-0.25, -0.2) is 0 Å². The van der Waals surface area contributed by atoms with Crippen LogP contribution in [-0.4, -0.2) is 30.2 Å². The molecule has 0 radical (unpaired) electrons. The van der Waals surface area contributed by atoms with Crippen LogP contribution < -0.4 is 11.1 Å². The zero-order valence-corrected chi connectivity index (χ0v) is 13.2. The Morgan fingerprint density at radius 1 is 1.42 bits per heavy atom. The van der Waals surface area contributed by atoms with Crippen LogP contribution in [0.2, 0.25) is 0 Å². The minimum Gasteiger partial charge on any atom is -0.378 e. The van der Waals surface area contributed by atoms with Gasteiger partial charge in [-0.05, 0) is 26.2 Å². The van der Waals surface area contributed by atoms with E-state index in [2.05, 4.69) is 19.2 Å². The first-order valence-electron chi connectivity index (χ1n) is 7.36. The van der Waals surface area contributed by atoms with Crippen molar-refractivity contribution in [3.63, 3.8) is 0 Å². The Kier molecular flexibility index (Phi) is 5.02. The van der Waals surface area contributed by atoms with E-state index in [1.54, 1.807) is 0 Å². The second-order valence-corrected chi connectivity index (χ2v) is 6.85. The first-order valence-corrected chi connectivity index (χ1v) is 7.36. The smallest absolute Gasteiger partial charge is 0.241 e. The van der Waals surface area contributed by atoms with E-state index < -0.39 is 5.54 Å². The molecule has 112 valence electrons. The van der Waals surface area contributed by atoms with Gasteiger partial charge < -0.3 is 15.8 Å².